The van der Waals surface area contributed by atoms with E-state index < -0.39 is 15.6 Å². The summed E-state index contributed by atoms with van der Waals surface area (Å²) >= 11 is 0. The Labute approximate surface area is 155 Å². The van der Waals surface area contributed by atoms with Gasteiger partial charge in [-0.3, -0.25) is 4.79 Å². The highest BCUT2D eigenvalue weighted by atomic mass is 32.2. The van der Waals surface area contributed by atoms with Crippen LogP contribution in [0.4, 0.5) is 0 Å². The number of benzene rings is 1. The number of amides is 1. The predicted molar refractivity (Wildman–Crippen MR) is 100 cm³/mol. The van der Waals surface area contributed by atoms with E-state index >= 15 is 0 Å². The molecule has 0 aliphatic rings. The molecule has 0 saturated heterocycles. The van der Waals surface area contributed by atoms with Crippen molar-refractivity contribution in [2.75, 3.05) is 0 Å². The third-order valence-corrected chi connectivity index (χ3v) is 5.42. The number of hydrogen-bond acceptors (Lipinski definition) is 4. The average molecular weight is 378 g/mol. The van der Waals surface area contributed by atoms with Gasteiger partial charge in [-0.1, -0.05) is 0 Å². The van der Waals surface area contributed by atoms with Gasteiger partial charge in [0.15, 0.2) is 0 Å². The fourth-order valence-corrected chi connectivity index (χ4v) is 3.86. The Kier molecular flexibility index (Phi) is 6.26. The second kappa shape index (κ2) is 8.05. The van der Waals surface area contributed by atoms with Crippen LogP contribution in [0.15, 0.2) is 52.0 Å². The van der Waals surface area contributed by atoms with E-state index in [1.807, 2.05) is 19.1 Å². The third kappa shape index (κ3) is 6.00. The molecule has 0 aliphatic carbocycles. The number of carbonyl (C=O) groups is 1. The van der Waals surface area contributed by atoms with Gasteiger partial charge in [-0.25, -0.2) is 13.1 Å². The molecule has 1 unspecified atom stereocenters. The van der Waals surface area contributed by atoms with E-state index in [4.69, 9.17) is 4.42 Å². The summed E-state index contributed by atoms with van der Waals surface area (Å²) in [7, 11) is -3.61. The normalized spacial score (nSPS) is 13.4. The van der Waals surface area contributed by atoms with E-state index in [1.165, 1.54) is 24.3 Å². The van der Waals surface area contributed by atoms with Gasteiger partial charge in [0.1, 0.15) is 5.76 Å². The topological polar surface area (TPSA) is 88.4 Å². The SMILES string of the molecule is CC(CCc1ccco1)NC(=O)c1ccc(S(=O)(=O)NC(C)(C)C)cc1. The van der Waals surface area contributed by atoms with Gasteiger partial charge < -0.3 is 9.73 Å². The molecule has 0 radical (unpaired) electrons. The van der Waals surface area contributed by atoms with Crippen molar-refractivity contribution in [3.8, 4) is 0 Å². The highest BCUT2D eigenvalue weighted by Crippen LogP contribution is 2.14. The Morgan fingerprint density at radius 1 is 1.15 bits per heavy atom. The van der Waals surface area contributed by atoms with E-state index in [9.17, 15) is 13.2 Å². The van der Waals surface area contributed by atoms with Crippen molar-refractivity contribution in [3.63, 3.8) is 0 Å². The van der Waals surface area contributed by atoms with Crippen LogP contribution in [0, 0.1) is 0 Å². The van der Waals surface area contributed by atoms with Gasteiger partial charge in [-0.15, -0.1) is 0 Å². The zero-order valence-electron chi connectivity index (χ0n) is 15.6. The second-order valence-electron chi connectivity index (χ2n) is 7.37. The van der Waals surface area contributed by atoms with Crippen molar-refractivity contribution in [3.05, 3.63) is 54.0 Å². The third-order valence-electron chi connectivity index (χ3n) is 3.65. The van der Waals surface area contributed by atoms with Crippen molar-refractivity contribution >= 4 is 15.9 Å². The number of carbonyl (C=O) groups excluding carboxylic acids is 1. The number of rotatable bonds is 7. The molecule has 1 aromatic heterocycles. The minimum absolute atomic E-state index is 0.0291. The zero-order chi connectivity index (χ0) is 19.4. The largest absolute Gasteiger partial charge is 0.469 e. The quantitative estimate of drug-likeness (QED) is 0.775. The van der Waals surface area contributed by atoms with Crippen LogP contribution in [0.1, 0.15) is 50.2 Å². The van der Waals surface area contributed by atoms with Gasteiger partial charge in [0.25, 0.3) is 5.91 Å². The first kappa shape index (κ1) is 20.2. The minimum Gasteiger partial charge on any atom is -0.469 e. The van der Waals surface area contributed by atoms with Crippen molar-refractivity contribution < 1.29 is 17.6 Å². The molecule has 26 heavy (non-hydrogen) atoms. The summed E-state index contributed by atoms with van der Waals surface area (Å²) in [6.45, 7) is 7.25. The summed E-state index contributed by atoms with van der Waals surface area (Å²) in [5.41, 5.74) is -0.150. The van der Waals surface area contributed by atoms with E-state index in [0.29, 0.717) is 5.56 Å². The first-order valence-corrected chi connectivity index (χ1v) is 10.0. The lowest BCUT2D eigenvalue weighted by Crippen LogP contribution is -2.40. The molecule has 2 N–H and O–H groups in total. The number of hydrogen-bond donors (Lipinski definition) is 2. The molecule has 0 saturated carbocycles. The maximum Gasteiger partial charge on any atom is 0.251 e. The molecular formula is C19H26N2O4S. The van der Waals surface area contributed by atoms with Crippen molar-refractivity contribution in [2.45, 2.75) is 57.0 Å². The molecule has 0 fully saturated rings. The molecule has 1 aromatic carbocycles. The number of nitrogens with one attached hydrogen (secondary N) is 2. The van der Waals surface area contributed by atoms with Gasteiger partial charge in [0.2, 0.25) is 10.0 Å². The minimum atomic E-state index is -3.61. The predicted octanol–water partition coefficient (Wildman–Crippen LogP) is 3.11. The lowest BCUT2D eigenvalue weighted by molar-refractivity contribution is 0.0938. The van der Waals surface area contributed by atoms with Crippen molar-refractivity contribution in [2.24, 2.45) is 0 Å². The Morgan fingerprint density at radius 3 is 2.35 bits per heavy atom. The number of furan rings is 1. The molecule has 0 bridgehead atoms. The molecule has 6 nitrogen and oxygen atoms in total. The smallest absolute Gasteiger partial charge is 0.251 e. The summed E-state index contributed by atoms with van der Waals surface area (Å²) in [6.07, 6.45) is 3.12. The van der Waals surface area contributed by atoms with Crippen LogP contribution in [0.5, 0.6) is 0 Å². The highest BCUT2D eigenvalue weighted by molar-refractivity contribution is 7.89. The summed E-state index contributed by atoms with van der Waals surface area (Å²) in [5.74, 6) is 0.650. The van der Waals surface area contributed by atoms with Crippen LogP contribution in [-0.4, -0.2) is 25.9 Å². The van der Waals surface area contributed by atoms with Crippen LogP contribution in [0.2, 0.25) is 0 Å². The summed E-state index contributed by atoms with van der Waals surface area (Å²) in [4.78, 5) is 12.4. The summed E-state index contributed by atoms with van der Waals surface area (Å²) in [5, 5.41) is 2.91. The number of sulfonamides is 1. The summed E-state index contributed by atoms with van der Waals surface area (Å²) in [6, 6.07) is 9.63. The Bertz CT molecular complexity index is 819. The van der Waals surface area contributed by atoms with Crippen molar-refractivity contribution in [1.29, 1.82) is 0 Å². The average Bonchev–Trinajstić information content (AvgIpc) is 3.04. The van der Waals surface area contributed by atoms with Crippen LogP contribution in [-0.2, 0) is 16.4 Å². The Morgan fingerprint density at radius 2 is 1.81 bits per heavy atom. The Balaban J connectivity index is 1.95. The van der Waals surface area contributed by atoms with E-state index in [1.54, 1.807) is 27.0 Å². The first-order chi connectivity index (χ1) is 12.1. The van der Waals surface area contributed by atoms with Crippen LogP contribution in [0.3, 0.4) is 0 Å². The fraction of sp³-hybridized carbons (Fsp3) is 0.421. The lowest BCUT2D eigenvalue weighted by Gasteiger charge is -2.20. The molecule has 1 amide bonds. The zero-order valence-corrected chi connectivity index (χ0v) is 16.4. The molecule has 2 rings (SSSR count). The molecule has 0 spiro atoms. The lowest BCUT2D eigenvalue weighted by atomic mass is 10.1. The molecule has 1 atom stereocenters. The maximum atomic E-state index is 12.3. The molecule has 7 heteroatoms. The van der Waals surface area contributed by atoms with Crippen LogP contribution < -0.4 is 10.0 Å². The monoisotopic (exact) mass is 378 g/mol. The maximum absolute atomic E-state index is 12.3. The molecule has 1 heterocycles. The number of aryl methyl sites for hydroxylation is 1. The highest BCUT2D eigenvalue weighted by Gasteiger charge is 2.22. The van der Waals surface area contributed by atoms with Crippen LogP contribution in [0.25, 0.3) is 0 Å². The molecule has 2 aromatic rings. The van der Waals surface area contributed by atoms with Gasteiger partial charge in [0.05, 0.1) is 11.2 Å². The Hall–Kier alpha value is -2.12. The van der Waals surface area contributed by atoms with E-state index in [-0.39, 0.29) is 16.8 Å². The van der Waals surface area contributed by atoms with Gasteiger partial charge in [-0.2, -0.15) is 0 Å². The van der Waals surface area contributed by atoms with Crippen LogP contribution >= 0.6 is 0 Å². The van der Waals surface area contributed by atoms with Crippen molar-refractivity contribution in [1.82, 2.24) is 10.0 Å². The first-order valence-electron chi connectivity index (χ1n) is 8.54. The van der Waals surface area contributed by atoms with Gasteiger partial charge in [-0.05, 0) is 70.5 Å². The molecular weight excluding hydrogens is 352 g/mol. The van der Waals surface area contributed by atoms with E-state index in [2.05, 4.69) is 10.0 Å². The van der Waals surface area contributed by atoms with Gasteiger partial charge >= 0.3 is 0 Å². The fourth-order valence-electron chi connectivity index (χ4n) is 2.44. The second-order valence-corrected chi connectivity index (χ2v) is 9.05. The van der Waals surface area contributed by atoms with Gasteiger partial charge in [0, 0.05) is 23.6 Å². The standard InChI is InChI=1S/C19H26N2O4S/c1-14(7-10-16-6-5-13-25-16)20-18(22)15-8-11-17(12-9-15)26(23,24)21-19(2,3)4/h5-6,8-9,11-14,21H,7,10H2,1-4H3,(H,20,22). The van der Waals surface area contributed by atoms with E-state index in [0.717, 1.165) is 18.6 Å². The molecule has 0 aliphatic heterocycles. The summed E-state index contributed by atoms with van der Waals surface area (Å²) < 4.78 is 32.4. The molecule has 142 valence electrons.